The van der Waals surface area contributed by atoms with Gasteiger partial charge in [0.2, 0.25) is 0 Å². The summed E-state index contributed by atoms with van der Waals surface area (Å²) >= 11 is 0. The molecule has 1 N–H and O–H groups in total. The van der Waals surface area contributed by atoms with Gasteiger partial charge in [-0.2, -0.15) is 0 Å². The number of urea groups is 1. The van der Waals surface area contributed by atoms with Crippen molar-refractivity contribution < 1.29 is 23.5 Å². The minimum Gasteiger partial charge on any atom is -0.495 e. The van der Waals surface area contributed by atoms with Crippen LogP contribution in [0.2, 0.25) is 0 Å². The van der Waals surface area contributed by atoms with Crippen LogP contribution in [0.15, 0.2) is 52.8 Å². The number of carbonyl (C=O) groups is 3. The molecule has 1 aromatic heterocycles. The second-order valence-corrected chi connectivity index (χ2v) is 4.69. The zero-order chi connectivity index (χ0) is 16.4. The van der Waals surface area contributed by atoms with Crippen molar-refractivity contribution in [3.05, 3.63) is 54.0 Å². The molecule has 2 aromatic rings. The molecular formula is C16H12N2O5. The first kappa shape index (κ1) is 14.6. The number of hydrogen-bond donors (Lipinski definition) is 1. The van der Waals surface area contributed by atoms with Crippen molar-refractivity contribution >= 4 is 29.6 Å². The van der Waals surface area contributed by atoms with E-state index in [-0.39, 0.29) is 11.3 Å². The van der Waals surface area contributed by atoms with Gasteiger partial charge < -0.3 is 9.15 Å². The monoisotopic (exact) mass is 312 g/mol. The van der Waals surface area contributed by atoms with E-state index in [0.29, 0.717) is 11.3 Å². The van der Waals surface area contributed by atoms with Crippen molar-refractivity contribution in [3.8, 4) is 5.75 Å². The van der Waals surface area contributed by atoms with E-state index in [1.807, 2.05) is 0 Å². The summed E-state index contributed by atoms with van der Waals surface area (Å²) in [6.45, 7) is 0. The number of furan rings is 1. The van der Waals surface area contributed by atoms with Gasteiger partial charge in [0.25, 0.3) is 11.8 Å². The number of barbiturate groups is 1. The van der Waals surface area contributed by atoms with Crippen molar-refractivity contribution in [1.82, 2.24) is 5.32 Å². The summed E-state index contributed by atoms with van der Waals surface area (Å²) in [6.07, 6.45) is 4.16. The third-order valence-electron chi connectivity index (χ3n) is 3.28. The van der Waals surface area contributed by atoms with Gasteiger partial charge in [-0.1, -0.05) is 12.1 Å². The molecule has 0 aliphatic carbocycles. The van der Waals surface area contributed by atoms with Crippen LogP contribution in [0.5, 0.6) is 5.75 Å². The highest BCUT2D eigenvalue weighted by Gasteiger charge is 2.38. The number of anilines is 1. The molecule has 0 bridgehead atoms. The van der Waals surface area contributed by atoms with Crippen LogP contribution in [-0.2, 0) is 9.59 Å². The standard InChI is InChI=1S/C16H12N2O5/c1-22-13-5-3-2-4-12(13)18-15(20)11(14(19)17-16(18)21)8-10-6-7-23-9-10/h2-9H,1H3,(H,17,19,21). The Kier molecular flexibility index (Phi) is 3.68. The Morgan fingerprint density at radius 2 is 1.96 bits per heavy atom. The lowest BCUT2D eigenvalue weighted by Crippen LogP contribution is -2.54. The number of benzene rings is 1. The molecule has 1 aliphatic heterocycles. The average Bonchev–Trinajstić information content (AvgIpc) is 3.05. The number of ether oxygens (including phenoxy) is 1. The Balaban J connectivity index is 2.05. The van der Waals surface area contributed by atoms with Gasteiger partial charge in [-0.15, -0.1) is 0 Å². The zero-order valence-electron chi connectivity index (χ0n) is 12.1. The summed E-state index contributed by atoms with van der Waals surface area (Å²) in [5.74, 6) is -1.15. The number of para-hydroxylation sites is 2. The van der Waals surface area contributed by atoms with E-state index < -0.39 is 17.8 Å². The molecule has 1 fully saturated rings. The molecule has 4 amide bonds. The van der Waals surface area contributed by atoms with Gasteiger partial charge in [-0.25, -0.2) is 9.69 Å². The molecule has 0 atom stereocenters. The fraction of sp³-hybridized carbons (Fsp3) is 0.0625. The minimum absolute atomic E-state index is 0.170. The Morgan fingerprint density at radius 3 is 2.65 bits per heavy atom. The SMILES string of the molecule is COc1ccccc1N1C(=O)NC(=O)C(=Cc2ccoc2)C1=O. The molecule has 7 nitrogen and oxygen atoms in total. The third kappa shape index (κ3) is 2.59. The van der Waals surface area contributed by atoms with Gasteiger partial charge in [-0.3, -0.25) is 14.9 Å². The predicted molar refractivity (Wildman–Crippen MR) is 80.7 cm³/mol. The number of nitrogens with one attached hydrogen (secondary N) is 1. The van der Waals surface area contributed by atoms with Gasteiger partial charge in [0.05, 0.1) is 25.3 Å². The minimum atomic E-state index is -0.825. The van der Waals surface area contributed by atoms with Gasteiger partial charge >= 0.3 is 6.03 Å². The molecule has 1 aromatic carbocycles. The fourth-order valence-corrected chi connectivity index (χ4v) is 2.21. The van der Waals surface area contributed by atoms with Crippen LogP contribution in [0.25, 0.3) is 6.08 Å². The molecule has 0 radical (unpaired) electrons. The molecule has 7 heteroatoms. The Bertz CT molecular complexity index is 808. The van der Waals surface area contributed by atoms with Crippen LogP contribution in [0.4, 0.5) is 10.5 Å². The normalized spacial score (nSPS) is 16.7. The molecule has 0 spiro atoms. The van der Waals surface area contributed by atoms with Gasteiger partial charge in [0.15, 0.2) is 0 Å². The molecular weight excluding hydrogens is 300 g/mol. The lowest BCUT2D eigenvalue weighted by atomic mass is 10.1. The number of amides is 4. The van der Waals surface area contributed by atoms with Crippen LogP contribution in [0, 0.1) is 0 Å². The van der Waals surface area contributed by atoms with Crippen LogP contribution in [0.3, 0.4) is 0 Å². The van der Waals surface area contributed by atoms with E-state index in [1.54, 1.807) is 30.3 Å². The van der Waals surface area contributed by atoms with Crippen molar-refractivity contribution in [3.63, 3.8) is 0 Å². The molecule has 116 valence electrons. The largest absolute Gasteiger partial charge is 0.495 e. The number of methoxy groups -OCH3 is 1. The van der Waals surface area contributed by atoms with Crippen LogP contribution < -0.4 is 15.0 Å². The molecule has 1 aliphatic rings. The van der Waals surface area contributed by atoms with Crippen molar-refractivity contribution in [2.24, 2.45) is 0 Å². The van der Waals surface area contributed by atoms with Crippen molar-refractivity contribution in [2.75, 3.05) is 12.0 Å². The Hall–Kier alpha value is -3.35. The van der Waals surface area contributed by atoms with E-state index in [1.165, 1.54) is 25.7 Å². The van der Waals surface area contributed by atoms with Crippen molar-refractivity contribution in [1.29, 1.82) is 0 Å². The summed E-state index contributed by atoms with van der Waals surface area (Å²) in [7, 11) is 1.43. The molecule has 3 rings (SSSR count). The average molecular weight is 312 g/mol. The van der Waals surface area contributed by atoms with E-state index in [9.17, 15) is 14.4 Å². The van der Waals surface area contributed by atoms with Crippen LogP contribution >= 0.6 is 0 Å². The predicted octanol–water partition coefficient (Wildman–Crippen LogP) is 1.95. The van der Waals surface area contributed by atoms with E-state index in [4.69, 9.17) is 9.15 Å². The smallest absolute Gasteiger partial charge is 0.336 e. The van der Waals surface area contributed by atoms with E-state index >= 15 is 0 Å². The van der Waals surface area contributed by atoms with E-state index in [0.717, 1.165) is 4.90 Å². The van der Waals surface area contributed by atoms with Crippen LogP contribution in [0.1, 0.15) is 5.56 Å². The summed E-state index contributed by atoms with van der Waals surface area (Å²) in [6, 6.07) is 7.31. The highest BCUT2D eigenvalue weighted by atomic mass is 16.5. The van der Waals surface area contributed by atoms with Gasteiger partial charge in [0.1, 0.15) is 11.3 Å². The summed E-state index contributed by atoms with van der Waals surface area (Å²) in [5, 5.41) is 2.14. The van der Waals surface area contributed by atoms with Crippen molar-refractivity contribution in [2.45, 2.75) is 0 Å². The number of imide groups is 2. The molecule has 0 unspecified atom stereocenters. The quantitative estimate of drug-likeness (QED) is 0.691. The fourth-order valence-electron chi connectivity index (χ4n) is 2.21. The number of carbonyl (C=O) groups excluding carboxylic acids is 3. The highest BCUT2D eigenvalue weighted by molar-refractivity contribution is 6.39. The summed E-state index contributed by atoms with van der Waals surface area (Å²) in [4.78, 5) is 37.6. The van der Waals surface area contributed by atoms with Crippen LogP contribution in [-0.4, -0.2) is 25.0 Å². The zero-order valence-corrected chi connectivity index (χ0v) is 12.1. The maximum atomic E-state index is 12.6. The Labute approximate surface area is 131 Å². The second kappa shape index (κ2) is 5.80. The number of rotatable bonds is 3. The maximum absolute atomic E-state index is 12.6. The first-order chi connectivity index (χ1) is 11.1. The highest BCUT2D eigenvalue weighted by Crippen LogP contribution is 2.30. The van der Waals surface area contributed by atoms with E-state index in [2.05, 4.69) is 5.32 Å². The topological polar surface area (TPSA) is 88.8 Å². The first-order valence-electron chi connectivity index (χ1n) is 6.68. The molecule has 1 saturated heterocycles. The Morgan fingerprint density at radius 1 is 1.17 bits per heavy atom. The van der Waals surface area contributed by atoms with Gasteiger partial charge in [-0.05, 0) is 24.3 Å². The first-order valence-corrected chi connectivity index (χ1v) is 6.68. The third-order valence-corrected chi connectivity index (χ3v) is 3.28. The van der Waals surface area contributed by atoms with Gasteiger partial charge in [0, 0.05) is 5.56 Å². The lowest BCUT2D eigenvalue weighted by molar-refractivity contribution is -0.122. The molecule has 2 heterocycles. The molecule has 0 saturated carbocycles. The second-order valence-electron chi connectivity index (χ2n) is 4.69. The maximum Gasteiger partial charge on any atom is 0.336 e. The number of nitrogens with zero attached hydrogens (tertiary/aromatic N) is 1. The summed E-state index contributed by atoms with van der Waals surface area (Å²) < 4.78 is 10.1. The molecule has 23 heavy (non-hydrogen) atoms. The lowest BCUT2D eigenvalue weighted by Gasteiger charge is -2.27. The summed E-state index contributed by atoms with van der Waals surface area (Å²) in [5.41, 5.74) is 0.623. The number of hydrogen-bond acceptors (Lipinski definition) is 5.